The van der Waals surface area contributed by atoms with Crippen molar-refractivity contribution in [3.63, 3.8) is 0 Å². The van der Waals surface area contributed by atoms with E-state index in [1.54, 1.807) is 6.92 Å². The van der Waals surface area contributed by atoms with Gasteiger partial charge in [-0.05, 0) is 36.2 Å². The lowest BCUT2D eigenvalue weighted by Crippen LogP contribution is -2.20. The Kier molecular flexibility index (Phi) is 3.56. The smallest absolute Gasteiger partial charge is 0.345 e. The van der Waals surface area contributed by atoms with Crippen LogP contribution in [0.15, 0.2) is 29.1 Å². The third-order valence-electron chi connectivity index (χ3n) is 2.99. The van der Waals surface area contributed by atoms with Crippen LogP contribution in [0.25, 0.3) is 11.3 Å². The SMILES string of the molecule is CCc1c(-c2ccc(F)cc2)[nH]c(=O)c(C(=O)O)c1O. The van der Waals surface area contributed by atoms with E-state index in [-0.39, 0.29) is 0 Å². The average molecular weight is 277 g/mol. The number of aromatic nitrogens is 1. The number of nitrogens with one attached hydrogen (secondary N) is 1. The molecule has 0 radical (unpaired) electrons. The zero-order chi connectivity index (χ0) is 14.9. The number of hydrogen-bond acceptors (Lipinski definition) is 3. The summed E-state index contributed by atoms with van der Waals surface area (Å²) >= 11 is 0. The van der Waals surface area contributed by atoms with Crippen molar-refractivity contribution in [1.82, 2.24) is 4.98 Å². The van der Waals surface area contributed by atoms with Gasteiger partial charge in [0.05, 0.1) is 5.69 Å². The predicted octanol–water partition coefficient (Wildman–Crippen LogP) is 2.15. The normalized spacial score (nSPS) is 10.5. The second-order valence-corrected chi connectivity index (χ2v) is 4.20. The highest BCUT2D eigenvalue weighted by atomic mass is 19.1. The van der Waals surface area contributed by atoms with Gasteiger partial charge in [-0.1, -0.05) is 6.92 Å². The molecule has 0 unspecified atom stereocenters. The van der Waals surface area contributed by atoms with Gasteiger partial charge >= 0.3 is 5.97 Å². The van der Waals surface area contributed by atoms with Gasteiger partial charge in [-0.25, -0.2) is 9.18 Å². The van der Waals surface area contributed by atoms with E-state index in [1.807, 2.05) is 0 Å². The second-order valence-electron chi connectivity index (χ2n) is 4.20. The lowest BCUT2D eigenvalue weighted by atomic mass is 10.0. The van der Waals surface area contributed by atoms with Gasteiger partial charge in [-0.15, -0.1) is 0 Å². The number of aromatic hydroxyl groups is 1. The highest BCUT2D eigenvalue weighted by molar-refractivity contribution is 5.91. The Hall–Kier alpha value is -2.63. The van der Waals surface area contributed by atoms with Crippen molar-refractivity contribution < 1.29 is 19.4 Å². The monoisotopic (exact) mass is 277 g/mol. The molecule has 0 aliphatic heterocycles. The van der Waals surface area contributed by atoms with Crippen LogP contribution in [-0.4, -0.2) is 21.2 Å². The van der Waals surface area contributed by atoms with Gasteiger partial charge in [0.1, 0.15) is 11.6 Å². The lowest BCUT2D eigenvalue weighted by molar-refractivity contribution is 0.0691. The van der Waals surface area contributed by atoms with Crippen LogP contribution in [0.1, 0.15) is 22.8 Å². The Labute approximate surface area is 113 Å². The largest absolute Gasteiger partial charge is 0.506 e. The molecule has 20 heavy (non-hydrogen) atoms. The minimum Gasteiger partial charge on any atom is -0.506 e. The summed E-state index contributed by atoms with van der Waals surface area (Å²) in [6, 6.07) is 5.32. The number of halogens is 1. The van der Waals surface area contributed by atoms with E-state index in [2.05, 4.69) is 4.98 Å². The number of benzene rings is 1. The summed E-state index contributed by atoms with van der Waals surface area (Å²) in [5.74, 6) is -2.48. The molecule has 1 heterocycles. The molecule has 0 saturated heterocycles. The minimum atomic E-state index is -1.50. The third-order valence-corrected chi connectivity index (χ3v) is 2.99. The molecule has 5 nitrogen and oxygen atoms in total. The molecule has 104 valence electrons. The summed E-state index contributed by atoms with van der Waals surface area (Å²) in [4.78, 5) is 25.1. The van der Waals surface area contributed by atoms with Crippen LogP contribution in [0.3, 0.4) is 0 Å². The first kappa shape index (κ1) is 13.8. The fourth-order valence-corrected chi connectivity index (χ4v) is 2.03. The van der Waals surface area contributed by atoms with Gasteiger partial charge in [0.25, 0.3) is 5.56 Å². The Bertz CT molecular complexity index is 719. The molecule has 0 atom stereocenters. The molecule has 3 N–H and O–H groups in total. The molecular weight excluding hydrogens is 265 g/mol. The van der Waals surface area contributed by atoms with Crippen molar-refractivity contribution in [2.45, 2.75) is 13.3 Å². The molecule has 0 fully saturated rings. The quantitative estimate of drug-likeness (QED) is 0.801. The molecule has 0 aliphatic carbocycles. The first-order chi connectivity index (χ1) is 9.45. The Balaban J connectivity index is 2.75. The van der Waals surface area contributed by atoms with Gasteiger partial charge in [-0.3, -0.25) is 4.79 Å². The zero-order valence-electron chi connectivity index (χ0n) is 10.6. The van der Waals surface area contributed by atoms with E-state index in [4.69, 9.17) is 5.11 Å². The number of carboxylic acids is 1. The first-order valence-electron chi connectivity index (χ1n) is 5.93. The average Bonchev–Trinajstić information content (AvgIpc) is 2.38. The van der Waals surface area contributed by atoms with Crippen molar-refractivity contribution in [3.8, 4) is 17.0 Å². The number of aromatic amines is 1. The number of carbonyl (C=O) groups is 1. The van der Waals surface area contributed by atoms with Crippen LogP contribution in [0.4, 0.5) is 4.39 Å². The molecular formula is C14H12FNO4. The molecule has 6 heteroatoms. The summed E-state index contributed by atoms with van der Waals surface area (Å²) in [6.07, 6.45) is 0.315. The molecule has 2 aromatic rings. The number of aromatic carboxylic acids is 1. The number of H-pyrrole nitrogens is 1. The highest BCUT2D eigenvalue weighted by Crippen LogP contribution is 2.29. The molecule has 0 saturated carbocycles. The Morgan fingerprint density at radius 1 is 1.30 bits per heavy atom. The topological polar surface area (TPSA) is 90.4 Å². The van der Waals surface area contributed by atoms with Gasteiger partial charge in [0.15, 0.2) is 5.56 Å². The van der Waals surface area contributed by atoms with Crippen molar-refractivity contribution in [2.24, 2.45) is 0 Å². The highest BCUT2D eigenvalue weighted by Gasteiger charge is 2.21. The maximum atomic E-state index is 12.9. The summed E-state index contributed by atoms with van der Waals surface area (Å²) < 4.78 is 12.9. The lowest BCUT2D eigenvalue weighted by Gasteiger charge is -2.11. The van der Waals surface area contributed by atoms with Crippen LogP contribution < -0.4 is 5.56 Å². The standard InChI is InChI=1S/C14H12FNO4/c1-2-9-11(7-3-5-8(15)6-4-7)16-13(18)10(12(9)17)14(19)20/h3-6H,2H2,1H3,(H,19,20)(H2,16,17,18). The zero-order valence-corrected chi connectivity index (χ0v) is 10.6. The summed E-state index contributed by atoms with van der Waals surface area (Å²) in [6.45, 7) is 1.71. The van der Waals surface area contributed by atoms with Crippen LogP contribution >= 0.6 is 0 Å². The van der Waals surface area contributed by atoms with E-state index >= 15 is 0 Å². The molecule has 2 rings (SSSR count). The summed E-state index contributed by atoms with van der Waals surface area (Å²) in [5, 5.41) is 18.9. The van der Waals surface area contributed by atoms with Crippen molar-refractivity contribution in [3.05, 3.63) is 51.6 Å². The summed E-state index contributed by atoms with van der Waals surface area (Å²) in [5.41, 5.74) is -0.500. The van der Waals surface area contributed by atoms with Crippen LogP contribution in [-0.2, 0) is 6.42 Å². The van der Waals surface area contributed by atoms with Crippen molar-refractivity contribution >= 4 is 5.97 Å². The summed E-state index contributed by atoms with van der Waals surface area (Å²) in [7, 11) is 0. The predicted molar refractivity (Wildman–Crippen MR) is 70.5 cm³/mol. The second kappa shape index (κ2) is 5.16. The van der Waals surface area contributed by atoms with Crippen molar-refractivity contribution in [2.75, 3.05) is 0 Å². The van der Waals surface area contributed by atoms with Gasteiger partial charge < -0.3 is 15.2 Å². The van der Waals surface area contributed by atoms with Gasteiger partial charge in [0.2, 0.25) is 0 Å². The van der Waals surface area contributed by atoms with E-state index in [1.165, 1.54) is 24.3 Å². The maximum absolute atomic E-state index is 12.9. The van der Waals surface area contributed by atoms with Crippen LogP contribution in [0, 0.1) is 5.82 Å². The molecule has 0 spiro atoms. The number of pyridine rings is 1. The molecule has 1 aromatic heterocycles. The van der Waals surface area contributed by atoms with Gasteiger partial charge in [0, 0.05) is 5.56 Å². The number of carboxylic acid groups (broad SMARTS) is 1. The van der Waals surface area contributed by atoms with E-state index in [0.717, 1.165) is 0 Å². The third kappa shape index (κ3) is 2.27. The fourth-order valence-electron chi connectivity index (χ4n) is 2.03. The molecule has 0 aliphatic rings. The van der Waals surface area contributed by atoms with Crippen LogP contribution in [0.5, 0.6) is 5.75 Å². The van der Waals surface area contributed by atoms with E-state index in [9.17, 15) is 19.1 Å². The van der Waals surface area contributed by atoms with Crippen LogP contribution in [0.2, 0.25) is 0 Å². The van der Waals surface area contributed by atoms with E-state index in [0.29, 0.717) is 23.2 Å². The molecule has 0 bridgehead atoms. The Morgan fingerprint density at radius 2 is 1.90 bits per heavy atom. The van der Waals surface area contributed by atoms with Crippen molar-refractivity contribution in [1.29, 1.82) is 0 Å². The molecule has 0 amide bonds. The Morgan fingerprint density at radius 3 is 2.40 bits per heavy atom. The van der Waals surface area contributed by atoms with Gasteiger partial charge in [-0.2, -0.15) is 0 Å². The first-order valence-corrected chi connectivity index (χ1v) is 5.93. The number of hydrogen-bond donors (Lipinski definition) is 3. The fraction of sp³-hybridized carbons (Fsp3) is 0.143. The van der Waals surface area contributed by atoms with E-state index < -0.39 is 28.7 Å². The number of rotatable bonds is 3. The molecule has 1 aromatic carbocycles. The minimum absolute atomic E-state index is 0.292. The maximum Gasteiger partial charge on any atom is 0.345 e.